The van der Waals surface area contributed by atoms with E-state index in [0.29, 0.717) is 0 Å². The summed E-state index contributed by atoms with van der Waals surface area (Å²) in [6.07, 6.45) is 4.61. The van der Waals surface area contributed by atoms with Gasteiger partial charge in [0.1, 0.15) is 6.54 Å². The van der Waals surface area contributed by atoms with E-state index in [0.717, 1.165) is 17.5 Å². The molecule has 19 heavy (non-hydrogen) atoms. The molecule has 1 heterocycles. The first-order valence-electron chi connectivity index (χ1n) is 6.56. The number of carbonyl (C=O) groups is 1. The molecule has 1 N–H and O–H groups in total. The molecule has 1 aromatic heterocycles. The number of rotatable bonds is 5. The van der Waals surface area contributed by atoms with Crippen LogP contribution in [0.15, 0.2) is 42.7 Å². The van der Waals surface area contributed by atoms with Crippen LogP contribution in [0.1, 0.15) is 20.3 Å². The summed E-state index contributed by atoms with van der Waals surface area (Å²) in [5, 5.41) is 7.15. The highest BCUT2D eigenvalue weighted by atomic mass is 16.2. The lowest BCUT2D eigenvalue weighted by molar-refractivity contribution is -0.122. The maximum Gasteiger partial charge on any atom is 0.241 e. The van der Waals surface area contributed by atoms with E-state index in [-0.39, 0.29) is 18.5 Å². The van der Waals surface area contributed by atoms with E-state index in [9.17, 15) is 4.79 Å². The summed E-state index contributed by atoms with van der Waals surface area (Å²) in [5.41, 5.74) is 2.13. The molecule has 0 spiro atoms. The number of benzene rings is 1. The number of hydrogen-bond acceptors (Lipinski definition) is 2. The van der Waals surface area contributed by atoms with Gasteiger partial charge in [-0.2, -0.15) is 5.10 Å². The predicted molar refractivity (Wildman–Crippen MR) is 75.6 cm³/mol. The summed E-state index contributed by atoms with van der Waals surface area (Å²) in [7, 11) is 0. The van der Waals surface area contributed by atoms with E-state index in [1.165, 1.54) is 0 Å². The molecule has 0 bridgehead atoms. The fourth-order valence-corrected chi connectivity index (χ4v) is 1.80. The quantitative estimate of drug-likeness (QED) is 0.894. The van der Waals surface area contributed by atoms with Crippen molar-refractivity contribution < 1.29 is 4.79 Å². The number of carbonyl (C=O) groups excluding carboxylic acids is 1. The standard InChI is InChI=1S/C15H19N3O/c1-3-12(2)17-15(19)11-18-10-14(9-16-18)13-7-5-4-6-8-13/h4-10,12H,3,11H2,1-2H3,(H,17,19). The van der Waals surface area contributed by atoms with E-state index < -0.39 is 0 Å². The van der Waals surface area contributed by atoms with E-state index in [4.69, 9.17) is 0 Å². The Hall–Kier alpha value is -2.10. The van der Waals surface area contributed by atoms with Gasteiger partial charge < -0.3 is 5.32 Å². The molecule has 1 amide bonds. The Labute approximate surface area is 113 Å². The van der Waals surface area contributed by atoms with Crippen LogP contribution in [0.25, 0.3) is 11.1 Å². The molecule has 0 fully saturated rings. The molecule has 0 saturated heterocycles. The first-order valence-corrected chi connectivity index (χ1v) is 6.56. The molecule has 2 rings (SSSR count). The fraction of sp³-hybridized carbons (Fsp3) is 0.333. The summed E-state index contributed by atoms with van der Waals surface area (Å²) in [6.45, 7) is 4.31. The van der Waals surface area contributed by atoms with Gasteiger partial charge in [0, 0.05) is 17.8 Å². The van der Waals surface area contributed by atoms with Gasteiger partial charge in [-0.3, -0.25) is 9.48 Å². The van der Waals surface area contributed by atoms with Crippen LogP contribution < -0.4 is 5.32 Å². The van der Waals surface area contributed by atoms with Gasteiger partial charge in [0.15, 0.2) is 0 Å². The van der Waals surface area contributed by atoms with Gasteiger partial charge in [0.05, 0.1) is 6.20 Å². The third-order valence-electron chi connectivity index (χ3n) is 3.07. The lowest BCUT2D eigenvalue weighted by Gasteiger charge is -2.10. The van der Waals surface area contributed by atoms with Gasteiger partial charge in [-0.15, -0.1) is 0 Å². The first-order chi connectivity index (χ1) is 9.19. The van der Waals surface area contributed by atoms with Crippen molar-refractivity contribution in [2.24, 2.45) is 0 Å². The highest BCUT2D eigenvalue weighted by Crippen LogP contribution is 2.17. The van der Waals surface area contributed by atoms with Crippen LogP contribution in [-0.2, 0) is 11.3 Å². The average molecular weight is 257 g/mol. The zero-order chi connectivity index (χ0) is 13.7. The number of hydrogen-bond donors (Lipinski definition) is 1. The van der Waals surface area contributed by atoms with Crippen LogP contribution in [0.2, 0.25) is 0 Å². The van der Waals surface area contributed by atoms with E-state index in [1.54, 1.807) is 10.9 Å². The Kier molecular flexibility index (Phi) is 4.34. The molecule has 4 heteroatoms. The minimum absolute atomic E-state index is 0.00272. The Bertz CT molecular complexity index is 533. The van der Waals surface area contributed by atoms with Crippen molar-refractivity contribution in [1.82, 2.24) is 15.1 Å². The third-order valence-corrected chi connectivity index (χ3v) is 3.07. The van der Waals surface area contributed by atoms with Crippen LogP contribution in [0.3, 0.4) is 0 Å². The molecular formula is C15H19N3O. The first kappa shape index (κ1) is 13.3. The second kappa shape index (κ2) is 6.18. The summed E-state index contributed by atoms with van der Waals surface area (Å²) in [5.74, 6) is -0.00272. The lowest BCUT2D eigenvalue weighted by Crippen LogP contribution is -2.34. The second-order valence-corrected chi connectivity index (χ2v) is 4.67. The Morgan fingerprint density at radius 3 is 2.74 bits per heavy atom. The molecule has 0 radical (unpaired) electrons. The van der Waals surface area contributed by atoms with Gasteiger partial charge >= 0.3 is 0 Å². The minimum atomic E-state index is -0.00272. The van der Waals surface area contributed by atoms with Crippen molar-refractivity contribution in [1.29, 1.82) is 0 Å². The fourth-order valence-electron chi connectivity index (χ4n) is 1.80. The molecule has 100 valence electrons. The van der Waals surface area contributed by atoms with Gasteiger partial charge in [-0.05, 0) is 18.9 Å². The molecule has 0 aliphatic carbocycles. The highest BCUT2D eigenvalue weighted by Gasteiger charge is 2.08. The zero-order valence-corrected chi connectivity index (χ0v) is 11.3. The lowest BCUT2D eigenvalue weighted by atomic mass is 10.1. The van der Waals surface area contributed by atoms with E-state index in [2.05, 4.69) is 10.4 Å². The SMILES string of the molecule is CCC(C)NC(=O)Cn1cc(-c2ccccc2)cn1. The number of nitrogens with zero attached hydrogens (tertiary/aromatic N) is 2. The maximum absolute atomic E-state index is 11.8. The van der Waals surface area contributed by atoms with Crippen LogP contribution in [0, 0.1) is 0 Å². The molecule has 1 unspecified atom stereocenters. The summed E-state index contributed by atoms with van der Waals surface area (Å²) >= 11 is 0. The van der Waals surface area contributed by atoms with Gasteiger partial charge in [0.25, 0.3) is 0 Å². The molecule has 0 aliphatic rings. The van der Waals surface area contributed by atoms with Gasteiger partial charge in [-0.25, -0.2) is 0 Å². The Morgan fingerprint density at radius 2 is 2.05 bits per heavy atom. The maximum atomic E-state index is 11.8. The van der Waals surface area contributed by atoms with E-state index in [1.807, 2.05) is 50.4 Å². The van der Waals surface area contributed by atoms with Crippen LogP contribution in [0.5, 0.6) is 0 Å². The average Bonchev–Trinajstić information content (AvgIpc) is 2.88. The number of nitrogens with one attached hydrogen (secondary N) is 1. The van der Waals surface area contributed by atoms with Crippen molar-refractivity contribution in [2.75, 3.05) is 0 Å². The summed E-state index contributed by atoms with van der Waals surface area (Å²) in [4.78, 5) is 11.8. The summed E-state index contributed by atoms with van der Waals surface area (Å²) < 4.78 is 1.67. The third kappa shape index (κ3) is 3.68. The monoisotopic (exact) mass is 257 g/mol. The molecule has 1 atom stereocenters. The van der Waals surface area contributed by atoms with Crippen LogP contribution in [-0.4, -0.2) is 21.7 Å². The molecule has 1 aromatic carbocycles. The Morgan fingerprint density at radius 1 is 1.32 bits per heavy atom. The van der Waals surface area contributed by atoms with Crippen molar-refractivity contribution in [3.05, 3.63) is 42.7 Å². The van der Waals surface area contributed by atoms with E-state index >= 15 is 0 Å². The topological polar surface area (TPSA) is 46.9 Å². The molecule has 0 saturated carbocycles. The second-order valence-electron chi connectivity index (χ2n) is 4.67. The largest absolute Gasteiger partial charge is 0.352 e. The van der Waals surface area contributed by atoms with Crippen molar-refractivity contribution >= 4 is 5.91 Å². The highest BCUT2D eigenvalue weighted by molar-refractivity contribution is 5.76. The summed E-state index contributed by atoms with van der Waals surface area (Å²) in [6, 6.07) is 10.2. The van der Waals surface area contributed by atoms with Crippen LogP contribution in [0.4, 0.5) is 0 Å². The zero-order valence-electron chi connectivity index (χ0n) is 11.3. The van der Waals surface area contributed by atoms with Crippen molar-refractivity contribution in [3.8, 4) is 11.1 Å². The van der Waals surface area contributed by atoms with Gasteiger partial charge in [0.2, 0.25) is 5.91 Å². The molecule has 0 aliphatic heterocycles. The van der Waals surface area contributed by atoms with Crippen molar-refractivity contribution in [3.63, 3.8) is 0 Å². The number of amides is 1. The molecular weight excluding hydrogens is 238 g/mol. The number of aromatic nitrogens is 2. The predicted octanol–water partition coefficient (Wildman–Crippen LogP) is 2.46. The minimum Gasteiger partial charge on any atom is -0.352 e. The smallest absolute Gasteiger partial charge is 0.241 e. The van der Waals surface area contributed by atoms with Crippen LogP contribution >= 0.6 is 0 Å². The van der Waals surface area contributed by atoms with Crippen molar-refractivity contribution in [2.45, 2.75) is 32.9 Å². The Balaban J connectivity index is 2.00. The molecule has 4 nitrogen and oxygen atoms in total. The normalized spacial score (nSPS) is 12.1. The van der Waals surface area contributed by atoms with Gasteiger partial charge in [-0.1, -0.05) is 37.3 Å². The molecule has 2 aromatic rings.